The molecule has 1 aliphatic heterocycles. The van der Waals surface area contributed by atoms with E-state index in [1.165, 1.54) is 11.3 Å². The van der Waals surface area contributed by atoms with Gasteiger partial charge in [-0.05, 0) is 60.9 Å². The molecule has 1 atom stereocenters. The lowest BCUT2D eigenvalue weighted by Gasteiger charge is -2.24. The van der Waals surface area contributed by atoms with Gasteiger partial charge in [-0.15, -0.1) is 0 Å². The van der Waals surface area contributed by atoms with Gasteiger partial charge in [0.25, 0.3) is 5.56 Å². The van der Waals surface area contributed by atoms with Crippen LogP contribution in [0, 0.1) is 0 Å². The number of nitrogens with zero attached hydrogens (tertiary/aromatic N) is 2. The van der Waals surface area contributed by atoms with Crippen LogP contribution in [0.4, 0.5) is 0 Å². The van der Waals surface area contributed by atoms with Crippen molar-refractivity contribution in [2.75, 3.05) is 6.61 Å². The third-order valence-corrected chi connectivity index (χ3v) is 7.34. The van der Waals surface area contributed by atoms with Gasteiger partial charge in [-0.1, -0.05) is 77.5 Å². The van der Waals surface area contributed by atoms with Crippen molar-refractivity contribution in [3.8, 4) is 5.75 Å². The summed E-state index contributed by atoms with van der Waals surface area (Å²) in [7, 11) is 0. The summed E-state index contributed by atoms with van der Waals surface area (Å²) < 4.78 is 13.4. The molecule has 3 aromatic carbocycles. The van der Waals surface area contributed by atoms with Gasteiger partial charge in [-0.2, -0.15) is 0 Å². The third-order valence-electron chi connectivity index (χ3n) is 6.11. The topological polar surface area (TPSA) is 69.9 Å². The lowest BCUT2D eigenvalue weighted by atomic mass is 9.96. The lowest BCUT2D eigenvalue weighted by Crippen LogP contribution is -2.39. The quantitative estimate of drug-likeness (QED) is 0.306. The maximum atomic E-state index is 13.7. The highest BCUT2D eigenvalue weighted by atomic mass is 35.5. The predicted octanol–water partition coefficient (Wildman–Crippen LogP) is 5.03. The van der Waals surface area contributed by atoms with Crippen LogP contribution >= 0.6 is 22.9 Å². The third kappa shape index (κ3) is 5.35. The van der Waals surface area contributed by atoms with Gasteiger partial charge in [0.15, 0.2) is 4.80 Å². The molecule has 0 spiro atoms. The van der Waals surface area contributed by atoms with Crippen molar-refractivity contribution in [1.82, 2.24) is 4.57 Å². The number of esters is 1. The van der Waals surface area contributed by atoms with Crippen molar-refractivity contribution in [1.29, 1.82) is 0 Å². The van der Waals surface area contributed by atoms with Crippen molar-refractivity contribution < 1.29 is 14.3 Å². The standard InChI is InChI=1S/C30H25ClN2O4S/c1-3-36-29(35)26-19(2)32-30-33(27(26)22-12-14-23(31)15-13-22)28(34)25(38-30)17-21-10-7-11-24(16-21)37-18-20-8-5-4-6-9-20/h4-17,27H,3,18H2,1-2H3/t27-/m0/s1. The smallest absolute Gasteiger partial charge is 0.338 e. The van der Waals surface area contributed by atoms with Crippen LogP contribution in [0.5, 0.6) is 5.75 Å². The van der Waals surface area contributed by atoms with Gasteiger partial charge in [0.2, 0.25) is 0 Å². The molecule has 0 saturated heterocycles. The van der Waals surface area contributed by atoms with Gasteiger partial charge in [0, 0.05) is 5.02 Å². The molecule has 8 heteroatoms. The van der Waals surface area contributed by atoms with Crippen molar-refractivity contribution in [3.63, 3.8) is 0 Å². The number of ether oxygens (including phenoxy) is 2. The van der Waals surface area contributed by atoms with Crippen LogP contribution in [-0.4, -0.2) is 17.1 Å². The predicted molar refractivity (Wildman–Crippen MR) is 149 cm³/mol. The van der Waals surface area contributed by atoms with Gasteiger partial charge >= 0.3 is 5.97 Å². The second kappa shape index (κ2) is 11.2. The Hall–Kier alpha value is -3.94. The summed E-state index contributed by atoms with van der Waals surface area (Å²) in [5, 5.41) is 0.564. The van der Waals surface area contributed by atoms with Gasteiger partial charge < -0.3 is 9.47 Å². The van der Waals surface area contributed by atoms with E-state index in [1.807, 2.05) is 72.8 Å². The minimum absolute atomic E-state index is 0.218. The fourth-order valence-corrected chi connectivity index (χ4v) is 5.51. The summed E-state index contributed by atoms with van der Waals surface area (Å²) in [5.41, 5.74) is 3.26. The van der Waals surface area contributed by atoms with Crippen LogP contribution in [0.2, 0.25) is 5.02 Å². The number of halogens is 1. The number of carbonyl (C=O) groups is 1. The fourth-order valence-electron chi connectivity index (χ4n) is 4.34. The van der Waals surface area contributed by atoms with Crippen LogP contribution in [0.3, 0.4) is 0 Å². The highest BCUT2D eigenvalue weighted by Crippen LogP contribution is 2.31. The lowest BCUT2D eigenvalue weighted by molar-refractivity contribution is -0.139. The highest BCUT2D eigenvalue weighted by Gasteiger charge is 2.33. The Morgan fingerprint density at radius 1 is 1.08 bits per heavy atom. The minimum Gasteiger partial charge on any atom is -0.489 e. The molecule has 38 heavy (non-hydrogen) atoms. The van der Waals surface area contributed by atoms with Crippen LogP contribution in [0.15, 0.2) is 99.9 Å². The molecular formula is C30H25ClN2O4S. The first-order chi connectivity index (χ1) is 18.4. The zero-order valence-corrected chi connectivity index (χ0v) is 22.5. The van der Waals surface area contributed by atoms with Crippen LogP contribution < -0.4 is 19.6 Å². The molecule has 1 aliphatic rings. The Morgan fingerprint density at radius 3 is 2.58 bits per heavy atom. The van der Waals surface area contributed by atoms with Crippen LogP contribution in [0.25, 0.3) is 6.08 Å². The summed E-state index contributed by atoms with van der Waals surface area (Å²) >= 11 is 7.40. The van der Waals surface area contributed by atoms with Gasteiger partial charge in [0.05, 0.1) is 28.5 Å². The monoisotopic (exact) mass is 544 g/mol. The zero-order chi connectivity index (χ0) is 26.6. The van der Waals surface area contributed by atoms with Gasteiger partial charge in [-0.25, -0.2) is 9.79 Å². The Balaban J connectivity index is 1.55. The zero-order valence-electron chi connectivity index (χ0n) is 20.9. The molecule has 192 valence electrons. The van der Waals surface area contributed by atoms with Crippen molar-refractivity contribution in [2.24, 2.45) is 4.99 Å². The molecule has 0 amide bonds. The number of hydrogen-bond acceptors (Lipinski definition) is 6. The van der Waals surface area contributed by atoms with Crippen molar-refractivity contribution >= 4 is 35.0 Å². The number of hydrogen-bond donors (Lipinski definition) is 0. The molecule has 0 saturated carbocycles. The molecule has 0 radical (unpaired) electrons. The first-order valence-corrected chi connectivity index (χ1v) is 13.4. The average molecular weight is 545 g/mol. The molecule has 6 nitrogen and oxygen atoms in total. The van der Waals surface area contributed by atoms with Gasteiger partial charge in [0.1, 0.15) is 12.4 Å². The summed E-state index contributed by atoms with van der Waals surface area (Å²) in [5.74, 6) is 0.209. The molecule has 0 N–H and O–H groups in total. The largest absolute Gasteiger partial charge is 0.489 e. The Morgan fingerprint density at radius 2 is 1.84 bits per heavy atom. The fraction of sp³-hybridized carbons (Fsp3) is 0.167. The maximum absolute atomic E-state index is 13.7. The Labute approximate surface area is 228 Å². The van der Waals surface area contributed by atoms with E-state index in [-0.39, 0.29) is 12.2 Å². The van der Waals surface area contributed by atoms with Gasteiger partial charge in [-0.3, -0.25) is 9.36 Å². The van der Waals surface area contributed by atoms with E-state index < -0.39 is 12.0 Å². The van der Waals surface area contributed by atoms with E-state index in [9.17, 15) is 9.59 Å². The molecule has 0 fully saturated rings. The Kier molecular flexibility index (Phi) is 7.58. The highest BCUT2D eigenvalue weighted by molar-refractivity contribution is 7.07. The molecule has 0 unspecified atom stereocenters. The van der Waals surface area contributed by atoms with Crippen LogP contribution in [0.1, 0.15) is 36.6 Å². The second-order valence-corrected chi connectivity index (χ2v) is 10.1. The number of aromatic nitrogens is 1. The van der Waals surface area contributed by atoms with E-state index in [0.29, 0.717) is 38.0 Å². The number of carbonyl (C=O) groups excluding carboxylic acids is 1. The van der Waals surface area contributed by atoms with E-state index in [0.717, 1.165) is 16.7 Å². The maximum Gasteiger partial charge on any atom is 0.338 e. The number of rotatable bonds is 7. The molecular weight excluding hydrogens is 520 g/mol. The minimum atomic E-state index is -0.676. The second-order valence-electron chi connectivity index (χ2n) is 8.70. The number of allylic oxidation sites excluding steroid dienone is 1. The normalized spacial score (nSPS) is 15.1. The number of fused-ring (bicyclic) bond motifs is 1. The van der Waals surface area contributed by atoms with E-state index in [4.69, 9.17) is 21.1 Å². The molecule has 2 heterocycles. The summed E-state index contributed by atoms with van der Waals surface area (Å²) in [4.78, 5) is 31.9. The molecule has 0 aliphatic carbocycles. The summed E-state index contributed by atoms with van der Waals surface area (Å²) in [6.45, 7) is 4.18. The number of benzene rings is 3. The van der Waals surface area contributed by atoms with E-state index >= 15 is 0 Å². The average Bonchev–Trinajstić information content (AvgIpc) is 3.22. The SMILES string of the molecule is CCOC(=O)C1=C(C)N=c2sc(=Cc3cccc(OCc4ccccc4)c3)c(=O)n2[C@H]1c1ccc(Cl)cc1. The van der Waals surface area contributed by atoms with E-state index in [1.54, 1.807) is 30.5 Å². The molecule has 1 aromatic heterocycles. The Bertz CT molecular complexity index is 1690. The summed E-state index contributed by atoms with van der Waals surface area (Å²) in [6, 6.07) is 24.0. The summed E-state index contributed by atoms with van der Waals surface area (Å²) in [6.07, 6.45) is 1.82. The first kappa shape index (κ1) is 25.7. The first-order valence-electron chi connectivity index (χ1n) is 12.2. The van der Waals surface area contributed by atoms with E-state index in [2.05, 4.69) is 4.99 Å². The molecule has 4 aromatic rings. The number of thiazole rings is 1. The van der Waals surface area contributed by atoms with Crippen molar-refractivity contribution in [2.45, 2.75) is 26.5 Å². The van der Waals surface area contributed by atoms with Crippen LogP contribution in [-0.2, 0) is 16.1 Å². The molecule has 0 bridgehead atoms. The van der Waals surface area contributed by atoms with Crippen molar-refractivity contribution in [3.05, 3.63) is 132 Å². The molecule has 5 rings (SSSR count).